The van der Waals surface area contributed by atoms with Crippen LogP contribution in [0.5, 0.6) is 0 Å². The quantitative estimate of drug-likeness (QED) is 0.0261. The third kappa shape index (κ3) is 26.8. The molecule has 9 heterocycles. The van der Waals surface area contributed by atoms with Gasteiger partial charge < -0.3 is 60.0 Å². The molecule has 0 radical (unpaired) electrons. The van der Waals surface area contributed by atoms with Crippen LogP contribution in [0.25, 0.3) is 20.9 Å². The molecule has 26 nitrogen and oxygen atoms in total. The maximum absolute atomic E-state index is 13.8. The summed E-state index contributed by atoms with van der Waals surface area (Å²) in [5.74, 6) is -2.54. The lowest BCUT2D eigenvalue weighted by molar-refractivity contribution is -0.143. The van der Waals surface area contributed by atoms with Crippen LogP contribution in [0.3, 0.4) is 0 Å². The standard InChI is InChI=1S/C32H45N3O4S.C30H32FN3O4S.C27H31BrN2O4.C26H29BrN2O4/c1-21-29(40-20-33-21)24-14-10-23(11-15-24)12-16-27(37)26-18-25(36)19-35(26)31(39)30(32(2,3)4)34-28(38)17-13-22-8-6-5-7-9-22;1-17(2)27(34-14-21-12-22(31)9-10-24(21)29(34)37)30(38)33-15-23(35)13-25(33)26(36)11-6-19-4-7-20(8-5-19)28-18(3)32-16-39-28;1-16(2)25(30-14-19-6-4-5-7-22(19)26(30)33)27(34)29-15-21(31)13-23(29)24(32)12-17(3)18-8-10-20(28)11-9-18;1-16(2)24(29-14-18-5-3-4-6-21(18)25(29)32)26(33)28-15-20(30)13-22(28)23(31)12-9-17-7-10-19(27)11-8-17/h10-11,14-15,20,22,25-26,30,36H,5-9,12-13,16-19H2,1-4H3,(H,34,38);4-5,7-10,12,16-17,23,25,27,35H,6,11,13-15H2,1-3H3;4-11,16-17,21,23,25,31H,12-15H2,1-3H3;3-8,10-11,16,20,22,24,30H,9,12-15H2,1-2H3/t25-,26+,30-;23-,25+,27+;17-,21-,23+,25+;20-,22+,24+/m1111/s1. The molecule has 4 saturated heterocycles. The molecule has 7 aliphatic heterocycles. The second-order valence-electron chi connectivity index (χ2n) is 42.6. The number of halogens is 3. The first-order valence-electron chi connectivity index (χ1n) is 51.3. The number of thiazole rings is 2. The minimum atomic E-state index is -0.823. The van der Waals surface area contributed by atoms with Crippen molar-refractivity contribution < 1.29 is 82.4 Å². The monoisotopic (exact) mass is 2150 g/mol. The van der Waals surface area contributed by atoms with Crippen LogP contribution in [0, 0.1) is 48.8 Å². The van der Waals surface area contributed by atoms with Crippen molar-refractivity contribution in [3.8, 4) is 20.9 Å². The SMILES string of the molecule is CC(C)[C@@H](C(=O)N1C[C@H](O)C[C@H]1C(=O)CCc1ccc(Br)cc1)N1Cc2ccccc2C1=O.CC(C)[C@@H](C(=O)N1C[C@H](O)C[C@H]1C(=O)C[C@@H](C)c1ccc(Br)cc1)N1Cc2ccccc2C1=O.Cc1ncsc1-c1ccc(CCC(=O)[C@@H]2C[C@@H](O)CN2C(=O)[C@@H](NC(=O)CCC2CCCCC2)C(C)(C)C)cc1.Cc1ncsc1-c1ccc(CCC(=O)[C@@H]2C[C@@H](O)CN2C(=O)[C@H](C(C)C)N2Cc3cc(F)ccc3C2=O)cc1. The lowest BCUT2D eigenvalue weighted by Crippen LogP contribution is -2.56. The van der Waals surface area contributed by atoms with Gasteiger partial charge in [-0.3, -0.25) is 57.5 Å². The maximum Gasteiger partial charge on any atom is 0.255 e. The van der Waals surface area contributed by atoms with Crippen molar-refractivity contribution in [2.24, 2.45) is 29.1 Å². The number of aliphatic hydroxyl groups is 4. The van der Waals surface area contributed by atoms with E-state index in [0.717, 1.165) is 81.0 Å². The number of aromatic nitrogens is 2. The first kappa shape index (κ1) is 111. The number of carbonyl (C=O) groups excluding carboxylic acids is 12. The highest BCUT2D eigenvalue weighted by Gasteiger charge is 2.51. The van der Waals surface area contributed by atoms with E-state index in [-0.39, 0.29) is 172 Å². The van der Waals surface area contributed by atoms with Gasteiger partial charge in [-0.25, -0.2) is 14.4 Å². The molecule has 31 heteroatoms. The fourth-order valence-corrected chi connectivity index (χ4v) is 23.9. The molecule has 146 heavy (non-hydrogen) atoms. The summed E-state index contributed by atoms with van der Waals surface area (Å²) in [7, 11) is 0. The molecule has 1 saturated carbocycles. The number of aliphatic hydroxyl groups excluding tert-OH is 4. The fraction of sp³-hybridized carbons (Fsp3) is 0.478. The van der Waals surface area contributed by atoms with Crippen molar-refractivity contribution in [3.05, 3.63) is 257 Å². The average molecular weight is 2160 g/mol. The predicted octanol–water partition coefficient (Wildman–Crippen LogP) is 17.6. The Kier molecular flexibility index (Phi) is 37.4. The van der Waals surface area contributed by atoms with Crippen LogP contribution in [-0.4, -0.2) is 234 Å². The van der Waals surface area contributed by atoms with E-state index in [9.17, 15) is 82.4 Å². The Morgan fingerprint density at radius 3 is 1.15 bits per heavy atom. The molecule has 5 fully saturated rings. The molecule has 8 amide bonds. The third-order valence-electron chi connectivity index (χ3n) is 29.7. The van der Waals surface area contributed by atoms with Crippen LogP contribution in [0.15, 0.2) is 184 Å². The predicted molar refractivity (Wildman–Crippen MR) is 567 cm³/mol. The lowest BCUT2D eigenvalue weighted by atomic mass is 9.84. The number of hydrogen-bond acceptors (Lipinski definition) is 20. The number of rotatable bonds is 32. The average Bonchev–Trinajstić information content (AvgIpc) is 1.64. The molecule has 17 rings (SSSR count). The minimum Gasteiger partial charge on any atom is -0.391 e. The number of Topliss-reactive ketones (excluding diaryl/α,β-unsaturated/α-hetero) is 4. The largest absolute Gasteiger partial charge is 0.391 e. The van der Waals surface area contributed by atoms with Crippen molar-refractivity contribution in [2.45, 2.75) is 297 Å². The zero-order valence-corrected chi connectivity index (χ0v) is 90.2. The van der Waals surface area contributed by atoms with E-state index in [0.29, 0.717) is 73.4 Å². The highest BCUT2D eigenvalue weighted by Crippen LogP contribution is 2.40. The summed E-state index contributed by atoms with van der Waals surface area (Å²) in [6.45, 7) is 24.4. The number of ketones is 4. The van der Waals surface area contributed by atoms with Crippen LogP contribution in [-0.2, 0) is 82.0 Å². The number of fused-ring (bicyclic) bond motifs is 3. The van der Waals surface area contributed by atoms with Crippen molar-refractivity contribution in [1.82, 2.24) is 49.6 Å². The molecule has 2 aromatic heterocycles. The summed E-state index contributed by atoms with van der Waals surface area (Å²) in [6, 6.07) is 45.0. The number of nitrogens with one attached hydrogen (secondary N) is 1. The number of likely N-dealkylation sites (tertiary alicyclic amines) is 4. The Balaban J connectivity index is 0.000000154. The Labute approximate surface area is 880 Å². The molecule has 0 spiro atoms. The molecule has 5 N–H and O–H groups in total. The zero-order valence-electron chi connectivity index (χ0n) is 85.4. The van der Waals surface area contributed by atoms with Gasteiger partial charge in [0.15, 0.2) is 23.1 Å². The molecular formula is C115H137Br2FN10O16S2. The van der Waals surface area contributed by atoms with Gasteiger partial charge in [0.1, 0.15) is 30.0 Å². The van der Waals surface area contributed by atoms with Gasteiger partial charge in [-0.1, -0.05) is 242 Å². The van der Waals surface area contributed by atoms with E-state index in [4.69, 9.17) is 0 Å². The molecule has 13 atom stereocenters. The lowest BCUT2D eigenvalue weighted by Gasteiger charge is -2.35. The topological polar surface area (TPSA) is 346 Å². The fourth-order valence-electron chi connectivity index (χ4n) is 21.8. The van der Waals surface area contributed by atoms with Crippen molar-refractivity contribution in [2.75, 3.05) is 26.2 Å². The van der Waals surface area contributed by atoms with Gasteiger partial charge in [0.05, 0.1) is 80.7 Å². The Hall–Kier alpha value is -11.0. The summed E-state index contributed by atoms with van der Waals surface area (Å²) < 4.78 is 15.7. The zero-order chi connectivity index (χ0) is 105. The molecule has 7 aromatic carbocycles. The van der Waals surface area contributed by atoms with Crippen molar-refractivity contribution in [3.63, 3.8) is 0 Å². The number of aryl methyl sites for hydroxylation is 5. The summed E-state index contributed by atoms with van der Waals surface area (Å²) in [4.78, 5) is 182. The van der Waals surface area contributed by atoms with E-state index >= 15 is 0 Å². The minimum absolute atomic E-state index is 0.00847. The van der Waals surface area contributed by atoms with Gasteiger partial charge in [0.2, 0.25) is 29.5 Å². The molecule has 9 aromatic rings. The first-order chi connectivity index (χ1) is 69.6. The van der Waals surface area contributed by atoms with Crippen LogP contribution < -0.4 is 5.32 Å². The van der Waals surface area contributed by atoms with E-state index in [1.165, 1.54) is 74.8 Å². The number of benzene rings is 7. The van der Waals surface area contributed by atoms with Gasteiger partial charge in [-0.15, -0.1) is 22.7 Å². The van der Waals surface area contributed by atoms with Gasteiger partial charge in [0, 0.05) is 129 Å². The second kappa shape index (κ2) is 49.4. The number of nitrogens with zero attached hydrogens (tertiary/aromatic N) is 9. The van der Waals surface area contributed by atoms with Gasteiger partial charge in [-0.05, 0) is 179 Å². The Morgan fingerprint density at radius 1 is 0.438 bits per heavy atom. The molecule has 776 valence electrons. The second-order valence-corrected chi connectivity index (χ2v) is 46.1. The summed E-state index contributed by atoms with van der Waals surface area (Å²) in [5.41, 5.74) is 15.5. The number of carbonyl (C=O) groups is 12. The Bertz CT molecular complexity index is 6180. The van der Waals surface area contributed by atoms with E-state index in [1.54, 1.807) is 44.6 Å². The van der Waals surface area contributed by atoms with Gasteiger partial charge in [0.25, 0.3) is 17.7 Å². The van der Waals surface area contributed by atoms with Gasteiger partial charge in [-0.2, -0.15) is 0 Å². The third-order valence-corrected chi connectivity index (χ3v) is 32.7. The maximum atomic E-state index is 13.8. The van der Waals surface area contributed by atoms with Crippen LogP contribution in [0.2, 0.25) is 0 Å². The van der Waals surface area contributed by atoms with Crippen LogP contribution >= 0.6 is 54.5 Å². The van der Waals surface area contributed by atoms with Crippen molar-refractivity contribution in [1.29, 1.82) is 0 Å². The number of amides is 8. The molecule has 1 aliphatic carbocycles. The summed E-state index contributed by atoms with van der Waals surface area (Å²) in [5, 5.41) is 44.6. The Morgan fingerprint density at radius 2 is 0.788 bits per heavy atom. The highest BCUT2D eigenvalue weighted by molar-refractivity contribution is 9.10. The van der Waals surface area contributed by atoms with E-state index in [2.05, 4.69) is 59.3 Å². The normalized spacial score (nSPS) is 20.7. The van der Waals surface area contributed by atoms with Crippen molar-refractivity contribution >= 4 is 125 Å². The van der Waals surface area contributed by atoms with Crippen LogP contribution in [0.4, 0.5) is 4.39 Å². The van der Waals surface area contributed by atoms with Gasteiger partial charge >= 0.3 is 0 Å². The summed E-state index contributed by atoms with van der Waals surface area (Å²) in [6.07, 6.45) is 7.99. The van der Waals surface area contributed by atoms with Crippen LogP contribution in [0.1, 0.15) is 253 Å². The molecule has 8 aliphatic rings. The molecule has 0 bridgehead atoms. The number of hydrogen-bond donors (Lipinski definition) is 5. The smallest absolute Gasteiger partial charge is 0.255 e. The van der Waals surface area contributed by atoms with E-state index < -0.39 is 84.0 Å². The number of β-amino-alcohol motifs (C(OH)–C–C–N with tert-alkyl or cyclic N) is 4. The van der Waals surface area contributed by atoms with E-state index in [1.807, 2.05) is 215 Å². The summed E-state index contributed by atoms with van der Waals surface area (Å²) >= 11 is 10.0. The first-order valence-corrected chi connectivity index (χ1v) is 54.6. The molecule has 0 unspecified atom stereocenters. The molecular weight excluding hydrogens is 2020 g/mol. The highest BCUT2D eigenvalue weighted by atomic mass is 79.9.